The Balaban J connectivity index is 4.23. The molecule has 0 aliphatic carbocycles. The molecule has 5 heteroatoms. The molecule has 0 aliphatic rings. The van der Waals surface area contributed by atoms with Crippen LogP contribution >= 0.6 is 0 Å². The van der Waals surface area contributed by atoms with Crippen LogP contribution in [0.15, 0.2) is 0 Å². The highest BCUT2D eigenvalue weighted by Gasteiger charge is 2.24. The Labute approximate surface area is 74.1 Å². The van der Waals surface area contributed by atoms with E-state index in [1.165, 1.54) is 0 Å². The average molecular weight is 195 g/mol. The molecule has 0 amide bonds. The summed E-state index contributed by atoms with van der Waals surface area (Å²) < 4.78 is 29.7. The zero-order valence-electron chi connectivity index (χ0n) is 7.96. The molecule has 0 aromatic rings. The third-order valence-electron chi connectivity index (χ3n) is 1.22. The lowest BCUT2D eigenvalue weighted by Gasteiger charge is -2.27. The van der Waals surface area contributed by atoms with E-state index in [1.807, 2.05) is 13.8 Å². The molecule has 0 bridgehead atoms. The molecule has 74 valence electrons. The molecule has 0 unspecified atom stereocenters. The van der Waals surface area contributed by atoms with Gasteiger partial charge in [-0.3, -0.25) is 4.55 Å². The van der Waals surface area contributed by atoms with Crippen LogP contribution in [-0.2, 0) is 10.1 Å². The van der Waals surface area contributed by atoms with Gasteiger partial charge in [0.15, 0.2) is 0 Å². The van der Waals surface area contributed by atoms with Crippen molar-refractivity contribution in [2.45, 2.75) is 39.3 Å². The van der Waals surface area contributed by atoms with Gasteiger partial charge in [-0.1, -0.05) is 13.8 Å². The quantitative estimate of drug-likeness (QED) is 0.646. The Morgan fingerprint density at radius 1 is 1.42 bits per heavy atom. The van der Waals surface area contributed by atoms with Crippen molar-refractivity contribution in [3.63, 3.8) is 0 Å². The van der Waals surface area contributed by atoms with Gasteiger partial charge in [-0.15, -0.1) is 0 Å². The van der Waals surface area contributed by atoms with Crippen molar-refractivity contribution in [2.75, 3.05) is 5.75 Å². The lowest BCUT2D eigenvalue weighted by atomic mass is 10.1. The zero-order valence-corrected chi connectivity index (χ0v) is 8.77. The first-order chi connectivity index (χ1) is 5.12. The monoisotopic (exact) mass is 195 g/mol. The first-order valence-corrected chi connectivity index (χ1v) is 5.46. The van der Waals surface area contributed by atoms with Crippen LogP contribution < -0.4 is 5.32 Å². The molecule has 0 rings (SSSR count). The Bertz CT molecular complexity index is 231. The van der Waals surface area contributed by atoms with Crippen molar-refractivity contribution in [1.29, 1.82) is 0 Å². The molecule has 0 atom stereocenters. The van der Waals surface area contributed by atoms with Gasteiger partial charge in [-0.25, -0.2) is 0 Å². The third kappa shape index (κ3) is 6.57. The van der Waals surface area contributed by atoms with Crippen LogP contribution in [0.5, 0.6) is 0 Å². The van der Waals surface area contributed by atoms with E-state index < -0.39 is 15.7 Å². The Morgan fingerprint density at radius 3 is 2.08 bits per heavy atom. The highest BCUT2D eigenvalue weighted by Crippen LogP contribution is 2.06. The van der Waals surface area contributed by atoms with Crippen LogP contribution in [0.4, 0.5) is 0 Å². The summed E-state index contributed by atoms with van der Waals surface area (Å²) in [6.07, 6.45) is 0. The smallest absolute Gasteiger partial charge is 0.266 e. The fourth-order valence-electron chi connectivity index (χ4n) is 1.28. The molecule has 0 aliphatic heterocycles. The molecule has 12 heavy (non-hydrogen) atoms. The summed E-state index contributed by atoms with van der Waals surface area (Å²) in [5, 5.41) is 3.04. The van der Waals surface area contributed by atoms with Gasteiger partial charge >= 0.3 is 0 Å². The van der Waals surface area contributed by atoms with Crippen molar-refractivity contribution in [3.05, 3.63) is 0 Å². The number of rotatable bonds is 4. The minimum absolute atomic E-state index is 0.196. The Morgan fingerprint density at radius 2 is 1.83 bits per heavy atom. The highest BCUT2D eigenvalue weighted by molar-refractivity contribution is 7.85. The second kappa shape index (κ2) is 3.72. The maximum Gasteiger partial charge on any atom is 0.266 e. The molecule has 0 aromatic heterocycles. The molecule has 0 radical (unpaired) electrons. The van der Waals surface area contributed by atoms with Gasteiger partial charge in [-0.05, 0) is 13.8 Å². The zero-order chi connectivity index (χ0) is 9.99. The Kier molecular flexibility index (Phi) is 3.68. The van der Waals surface area contributed by atoms with E-state index in [4.69, 9.17) is 4.55 Å². The summed E-state index contributed by atoms with van der Waals surface area (Å²) in [5.74, 6) is -0.266. The van der Waals surface area contributed by atoms with Gasteiger partial charge in [-0.2, -0.15) is 8.42 Å². The maximum atomic E-state index is 10.5. The lowest BCUT2D eigenvalue weighted by molar-refractivity contribution is 0.373. The molecule has 2 N–H and O–H groups in total. The first kappa shape index (κ1) is 11.9. The van der Waals surface area contributed by atoms with E-state index in [1.54, 1.807) is 13.8 Å². The molecule has 0 spiro atoms. The molecular formula is C7H17NO3S. The number of hydrogen-bond donors (Lipinski definition) is 2. The maximum absolute atomic E-state index is 10.5. The fraction of sp³-hybridized carbons (Fsp3) is 1.00. The minimum Gasteiger partial charge on any atom is -0.308 e. The SMILES string of the molecule is CC(C)NC(C)(C)CS(=O)(=O)O. The number of hydrogen-bond acceptors (Lipinski definition) is 3. The summed E-state index contributed by atoms with van der Waals surface area (Å²) in [6, 6.07) is 0.196. The van der Waals surface area contributed by atoms with Gasteiger partial charge in [0.25, 0.3) is 10.1 Å². The van der Waals surface area contributed by atoms with Crippen molar-refractivity contribution in [2.24, 2.45) is 0 Å². The van der Waals surface area contributed by atoms with Crippen molar-refractivity contribution in [1.82, 2.24) is 5.32 Å². The van der Waals surface area contributed by atoms with Gasteiger partial charge in [0.1, 0.15) is 0 Å². The van der Waals surface area contributed by atoms with E-state index in [9.17, 15) is 8.42 Å². The van der Waals surface area contributed by atoms with E-state index in [0.29, 0.717) is 0 Å². The largest absolute Gasteiger partial charge is 0.308 e. The molecular weight excluding hydrogens is 178 g/mol. The predicted molar refractivity (Wildman–Crippen MR) is 48.8 cm³/mol. The highest BCUT2D eigenvalue weighted by atomic mass is 32.2. The summed E-state index contributed by atoms with van der Waals surface area (Å²) in [4.78, 5) is 0. The summed E-state index contributed by atoms with van der Waals surface area (Å²) >= 11 is 0. The van der Waals surface area contributed by atoms with Gasteiger partial charge in [0, 0.05) is 11.6 Å². The molecule has 0 aromatic carbocycles. The van der Waals surface area contributed by atoms with Crippen LogP contribution in [0.1, 0.15) is 27.7 Å². The van der Waals surface area contributed by atoms with E-state index >= 15 is 0 Å². The second-order valence-electron chi connectivity index (χ2n) is 3.91. The fourth-order valence-corrected chi connectivity index (χ4v) is 2.27. The van der Waals surface area contributed by atoms with E-state index in [2.05, 4.69) is 5.32 Å². The number of nitrogens with one attached hydrogen (secondary N) is 1. The average Bonchev–Trinajstić information content (AvgIpc) is 1.48. The normalized spacial score (nSPS) is 13.8. The van der Waals surface area contributed by atoms with Crippen LogP contribution in [-0.4, -0.2) is 30.3 Å². The summed E-state index contributed by atoms with van der Waals surface area (Å²) in [5.41, 5.74) is -0.582. The molecule has 0 fully saturated rings. The molecule has 0 heterocycles. The van der Waals surface area contributed by atoms with Crippen molar-refractivity contribution < 1.29 is 13.0 Å². The van der Waals surface area contributed by atoms with Crippen LogP contribution in [0.2, 0.25) is 0 Å². The van der Waals surface area contributed by atoms with E-state index in [-0.39, 0.29) is 11.8 Å². The van der Waals surface area contributed by atoms with Gasteiger partial charge in [0.05, 0.1) is 5.75 Å². The predicted octanol–water partition coefficient (Wildman–Crippen LogP) is 0.651. The standard InChI is InChI=1S/C7H17NO3S/c1-6(2)8-7(3,4)5-12(9,10)11/h6,8H,5H2,1-4H3,(H,9,10,11). The second-order valence-corrected chi connectivity index (χ2v) is 5.36. The molecule has 0 saturated heterocycles. The van der Waals surface area contributed by atoms with Crippen LogP contribution in [0, 0.1) is 0 Å². The molecule has 4 nitrogen and oxygen atoms in total. The molecule has 0 saturated carbocycles. The van der Waals surface area contributed by atoms with Crippen molar-refractivity contribution >= 4 is 10.1 Å². The van der Waals surface area contributed by atoms with Crippen molar-refractivity contribution in [3.8, 4) is 0 Å². The minimum atomic E-state index is -3.89. The summed E-state index contributed by atoms with van der Waals surface area (Å²) in [6.45, 7) is 7.32. The third-order valence-corrected chi connectivity index (χ3v) is 2.31. The van der Waals surface area contributed by atoms with Gasteiger partial charge in [0.2, 0.25) is 0 Å². The summed E-state index contributed by atoms with van der Waals surface area (Å²) in [7, 11) is -3.89. The van der Waals surface area contributed by atoms with Crippen LogP contribution in [0.3, 0.4) is 0 Å². The van der Waals surface area contributed by atoms with Gasteiger partial charge < -0.3 is 5.32 Å². The van der Waals surface area contributed by atoms with Crippen LogP contribution in [0.25, 0.3) is 0 Å². The Hall–Kier alpha value is -0.130. The van der Waals surface area contributed by atoms with E-state index in [0.717, 1.165) is 0 Å². The lowest BCUT2D eigenvalue weighted by Crippen LogP contribution is -2.48. The first-order valence-electron chi connectivity index (χ1n) is 3.85. The topological polar surface area (TPSA) is 66.4 Å².